The van der Waals surface area contributed by atoms with E-state index in [1.165, 1.54) is 0 Å². The molecule has 0 unspecified atom stereocenters. The summed E-state index contributed by atoms with van der Waals surface area (Å²) in [5.41, 5.74) is 2.48. The molecule has 0 atom stereocenters. The van der Waals surface area contributed by atoms with Gasteiger partial charge in [-0.15, -0.1) is 0 Å². The molecule has 0 radical (unpaired) electrons. The van der Waals surface area contributed by atoms with E-state index in [0.717, 1.165) is 16.9 Å². The number of aromatic nitrogens is 3. The van der Waals surface area contributed by atoms with Crippen LogP contribution in [0.4, 0.5) is 0 Å². The molecule has 0 aliphatic rings. The van der Waals surface area contributed by atoms with Crippen LogP contribution in [0.2, 0.25) is 0 Å². The summed E-state index contributed by atoms with van der Waals surface area (Å²) >= 11 is 0. The minimum atomic E-state index is 0.828. The molecule has 1 aromatic rings. The van der Waals surface area contributed by atoms with Crippen molar-refractivity contribution in [2.75, 3.05) is 21.1 Å². The number of hydrogen-bond donors (Lipinski definition) is 0. The first-order valence-corrected chi connectivity index (χ1v) is 4.70. The van der Waals surface area contributed by atoms with Crippen LogP contribution in [0.5, 0.6) is 0 Å². The molecule has 1 aromatic heterocycles. The number of hydrogen-bond acceptors (Lipinski definition) is 3. The van der Waals surface area contributed by atoms with Crippen LogP contribution >= 0.6 is 0 Å². The van der Waals surface area contributed by atoms with Gasteiger partial charge >= 0.3 is 0 Å². The quantitative estimate of drug-likeness (QED) is 0.490. The van der Waals surface area contributed by atoms with Gasteiger partial charge in [0.2, 0.25) is 16.9 Å². The summed E-state index contributed by atoms with van der Waals surface area (Å²) in [6, 6.07) is 0. The van der Waals surface area contributed by atoms with E-state index in [1.807, 2.05) is 34.8 Å². The lowest BCUT2D eigenvalue weighted by Gasteiger charge is -2.11. The first-order valence-electron chi connectivity index (χ1n) is 4.70. The van der Waals surface area contributed by atoms with Crippen LogP contribution in [0.15, 0.2) is 15.0 Å². The van der Waals surface area contributed by atoms with Gasteiger partial charge in [-0.1, -0.05) is 0 Å². The smallest absolute Gasteiger partial charge is 0.209 e. The van der Waals surface area contributed by atoms with Gasteiger partial charge in [0, 0.05) is 42.3 Å². The van der Waals surface area contributed by atoms with Crippen LogP contribution in [-0.4, -0.2) is 34.8 Å². The van der Waals surface area contributed by atoms with E-state index in [0.29, 0.717) is 0 Å². The van der Waals surface area contributed by atoms with Gasteiger partial charge < -0.3 is 0 Å². The molecule has 0 amide bonds. The predicted molar refractivity (Wildman–Crippen MR) is 57.8 cm³/mol. The maximum atomic E-state index is 4.22. The van der Waals surface area contributed by atoms with E-state index in [1.54, 1.807) is 21.1 Å². The Morgan fingerprint density at radius 3 is 0.933 bits per heavy atom. The first kappa shape index (κ1) is 11.5. The fourth-order valence-corrected chi connectivity index (χ4v) is 1.84. The SMILES string of the molecule is CN=c1n(C)c(=NC)n(C)c(=NC)n1C. The Labute approximate surface area is 88.6 Å². The highest BCUT2D eigenvalue weighted by Gasteiger charge is 2.01. The Bertz CT molecular complexity index is 440. The molecule has 0 N–H and O–H groups in total. The molecule has 6 nitrogen and oxygen atoms in total. The highest BCUT2D eigenvalue weighted by molar-refractivity contribution is 4.72. The third-order valence-corrected chi connectivity index (χ3v) is 2.40. The molecule has 1 rings (SSSR count). The zero-order chi connectivity index (χ0) is 11.6. The fourth-order valence-electron chi connectivity index (χ4n) is 1.84. The van der Waals surface area contributed by atoms with Gasteiger partial charge in [0.05, 0.1) is 0 Å². The van der Waals surface area contributed by atoms with Crippen molar-refractivity contribution in [2.45, 2.75) is 0 Å². The third kappa shape index (κ3) is 1.67. The van der Waals surface area contributed by atoms with Crippen molar-refractivity contribution >= 4 is 0 Å². The summed E-state index contributed by atoms with van der Waals surface area (Å²) in [5, 5.41) is 0. The van der Waals surface area contributed by atoms with Crippen molar-refractivity contribution < 1.29 is 0 Å². The van der Waals surface area contributed by atoms with Gasteiger partial charge in [0.15, 0.2) is 0 Å². The van der Waals surface area contributed by atoms with E-state index in [2.05, 4.69) is 15.0 Å². The molecule has 0 bridgehead atoms. The summed E-state index contributed by atoms with van der Waals surface area (Å²) in [6.07, 6.45) is 0. The van der Waals surface area contributed by atoms with E-state index in [4.69, 9.17) is 0 Å². The Balaban J connectivity index is 4.12. The van der Waals surface area contributed by atoms with Crippen LogP contribution in [0.1, 0.15) is 0 Å². The average molecular weight is 210 g/mol. The topological polar surface area (TPSA) is 51.9 Å². The number of rotatable bonds is 0. The summed E-state index contributed by atoms with van der Waals surface area (Å²) < 4.78 is 5.78. The molecule has 0 saturated carbocycles. The lowest BCUT2D eigenvalue weighted by Crippen LogP contribution is -2.53. The maximum absolute atomic E-state index is 4.22. The highest BCUT2D eigenvalue weighted by atomic mass is 15.3. The summed E-state index contributed by atoms with van der Waals surface area (Å²) in [6.45, 7) is 0. The summed E-state index contributed by atoms with van der Waals surface area (Å²) in [5.74, 6) is 0. The van der Waals surface area contributed by atoms with Crippen molar-refractivity contribution in [3.05, 3.63) is 16.9 Å². The molecule has 84 valence electrons. The average Bonchev–Trinajstić information content (AvgIpc) is 2.19. The van der Waals surface area contributed by atoms with Crippen molar-refractivity contribution in [2.24, 2.45) is 36.1 Å². The van der Waals surface area contributed by atoms with Crippen molar-refractivity contribution in [1.29, 1.82) is 0 Å². The Morgan fingerprint density at radius 1 is 0.600 bits per heavy atom. The summed E-state index contributed by atoms with van der Waals surface area (Å²) in [7, 11) is 11.1. The minimum Gasteiger partial charge on any atom is -0.285 e. The van der Waals surface area contributed by atoms with Crippen molar-refractivity contribution in [1.82, 2.24) is 13.7 Å². The molecule has 6 heteroatoms. The van der Waals surface area contributed by atoms with Gasteiger partial charge in [0.25, 0.3) is 0 Å². The highest BCUT2D eigenvalue weighted by Crippen LogP contribution is 1.65. The largest absolute Gasteiger partial charge is 0.285 e. The van der Waals surface area contributed by atoms with E-state index in [-0.39, 0.29) is 0 Å². The molecule has 0 aromatic carbocycles. The van der Waals surface area contributed by atoms with Gasteiger partial charge in [0.1, 0.15) is 0 Å². The van der Waals surface area contributed by atoms with Crippen molar-refractivity contribution in [3.8, 4) is 0 Å². The molecule has 1 heterocycles. The second-order valence-electron chi connectivity index (χ2n) is 3.25. The molecule has 15 heavy (non-hydrogen) atoms. The lowest BCUT2D eigenvalue weighted by atomic mass is 10.7. The first-order chi connectivity index (χ1) is 7.08. The van der Waals surface area contributed by atoms with E-state index < -0.39 is 0 Å². The van der Waals surface area contributed by atoms with Gasteiger partial charge in [-0.2, -0.15) is 0 Å². The van der Waals surface area contributed by atoms with Gasteiger partial charge in [-0.3, -0.25) is 28.7 Å². The van der Waals surface area contributed by atoms with Crippen LogP contribution in [0.25, 0.3) is 0 Å². The molecule has 0 fully saturated rings. The van der Waals surface area contributed by atoms with Gasteiger partial charge in [-0.05, 0) is 0 Å². The molecular formula is C9H18N6. The normalized spacial score (nSPS) is 10.0. The predicted octanol–water partition coefficient (Wildman–Crippen LogP) is -1.71. The Hall–Kier alpha value is -1.59. The van der Waals surface area contributed by atoms with Gasteiger partial charge in [-0.25, -0.2) is 0 Å². The van der Waals surface area contributed by atoms with E-state index >= 15 is 0 Å². The second-order valence-corrected chi connectivity index (χ2v) is 3.25. The fraction of sp³-hybridized carbons (Fsp3) is 0.667. The standard InChI is InChI=1S/C9H18N6/c1-10-7-13(4)8(11-2)15(6)9(12-3)14(7)5/h1-6H3. The molecule has 0 aliphatic carbocycles. The molecular weight excluding hydrogens is 192 g/mol. The second kappa shape index (κ2) is 4.29. The summed E-state index contributed by atoms with van der Waals surface area (Å²) in [4.78, 5) is 12.7. The zero-order valence-electron chi connectivity index (χ0n) is 10.2. The monoisotopic (exact) mass is 210 g/mol. The number of nitrogens with zero attached hydrogens (tertiary/aromatic N) is 6. The third-order valence-electron chi connectivity index (χ3n) is 2.40. The van der Waals surface area contributed by atoms with Crippen LogP contribution < -0.4 is 16.9 Å². The zero-order valence-corrected chi connectivity index (χ0v) is 10.2. The Kier molecular flexibility index (Phi) is 3.28. The molecule has 0 spiro atoms. The van der Waals surface area contributed by atoms with E-state index in [9.17, 15) is 0 Å². The molecule has 0 aliphatic heterocycles. The lowest BCUT2D eigenvalue weighted by molar-refractivity contribution is 0.511. The minimum absolute atomic E-state index is 0.828. The van der Waals surface area contributed by atoms with Crippen LogP contribution in [0, 0.1) is 0 Å². The maximum Gasteiger partial charge on any atom is 0.209 e. The van der Waals surface area contributed by atoms with Crippen LogP contribution in [-0.2, 0) is 21.1 Å². The van der Waals surface area contributed by atoms with Crippen LogP contribution in [0.3, 0.4) is 0 Å². The Morgan fingerprint density at radius 2 is 0.800 bits per heavy atom. The van der Waals surface area contributed by atoms with Crippen molar-refractivity contribution in [3.63, 3.8) is 0 Å². The molecule has 0 saturated heterocycles.